The van der Waals surface area contributed by atoms with Crippen LogP contribution in [0.1, 0.15) is 28.8 Å². The van der Waals surface area contributed by atoms with E-state index in [-0.39, 0.29) is 0 Å². The lowest BCUT2D eigenvalue weighted by molar-refractivity contribution is 0.0696. The molecule has 2 rings (SSSR count). The predicted octanol–water partition coefficient (Wildman–Crippen LogP) is 2.14. The minimum Gasteiger partial charge on any atom is -0.478 e. The maximum atomic E-state index is 11.0. The van der Waals surface area contributed by atoms with E-state index < -0.39 is 5.97 Å². The first kappa shape index (κ1) is 11.9. The summed E-state index contributed by atoms with van der Waals surface area (Å²) in [6.07, 6.45) is 2.30. The molecule has 0 saturated heterocycles. The first-order valence-electron chi connectivity index (χ1n) is 5.48. The zero-order valence-electron chi connectivity index (χ0n) is 9.49. The van der Waals surface area contributed by atoms with Crippen molar-refractivity contribution in [3.8, 4) is 0 Å². The van der Waals surface area contributed by atoms with Crippen LogP contribution >= 0.6 is 12.2 Å². The normalized spacial score (nSPS) is 14.2. The molecule has 0 aromatic heterocycles. The average Bonchev–Trinajstić information content (AvgIpc) is 3.04. The lowest BCUT2D eigenvalue weighted by Crippen LogP contribution is -2.30. The van der Waals surface area contributed by atoms with Crippen LogP contribution in [0.5, 0.6) is 0 Å². The predicted molar refractivity (Wildman–Crippen MR) is 70.5 cm³/mol. The number of nitrogens with one attached hydrogen (secondary N) is 2. The van der Waals surface area contributed by atoms with E-state index in [0.29, 0.717) is 22.3 Å². The van der Waals surface area contributed by atoms with E-state index in [1.165, 1.54) is 0 Å². The maximum absolute atomic E-state index is 11.0. The molecule has 1 saturated carbocycles. The molecule has 0 heterocycles. The summed E-state index contributed by atoms with van der Waals surface area (Å²) in [5.41, 5.74) is 1.73. The Balaban J connectivity index is 2.11. The van der Waals surface area contributed by atoms with Gasteiger partial charge in [0, 0.05) is 11.7 Å². The number of rotatable bonds is 3. The zero-order valence-corrected chi connectivity index (χ0v) is 10.3. The van der Waals surface area contributed by atoms with Gasteiger partial charge in [-0.05, 0) is 49.7 Å². The van der Waals surface area contributed by atoms with E-state index >= 15 is 0 Å². The minimum absolute atomic E-state index is 0.296. The second-order valence-electron chi connectivity index (χ2n) is 4.16. The molecule has 1 fully saturated rings. The Morgan fingerprint density at radius 3 is 2.76 bits per heavy atom. The number of carbonyl (C=O) groups is 1. The molecule has 90 valence electrons. The van der Waals surface area contributed by atoms with Crippen molar-refractivity contribution in [2.24, 2.45) is 0 Å². The van der Waals surface area contributed by atoms with Crippen LogP contribution in [0, 0.1) is 6.92 Å². The number of hydrogen-bond acceptors (Lipinski definition) is 2. The summed E-state index contributed by atoms with van der Waals surface area (Å²) in [7, 11) is 0. The third kappa shape index (κ3) is 2.94. The van der Waals surface area contributed by atoms with Gasteiger partial charge in [-0.15, -0.1) is 0 Å². The molecule has 0 amide bonds. The van der Waals surface area contributed by atoms with Crippen LogP contribution in [0.2, 0.25) is 0 Å². The van der Waals surface area contributed by atoms with Crippen LogP contribution in [0.3, 0.4) is 0 Å². The quantitative estimate of drug-likeness (QED) is 0.717. The van der Waals surface area contributed by atoms with Gasteiger partial charge in [-0.25, -0.2) is 4.79 Å². The van der Waals surface area contributed by atoms with Crippen molar-refractivity contribution in [1.29, 1.82) is 0 Å². The molecule has 5 heteroatoms. The Kier molecular flexibility index (Phi) is 3.28. The zero-order chi connectivity index (χ0) is 12.4. The fourth-order valence-corrected chi connectivity index (χ4v) is 1.85. The average molecular weight is 250 g/mol. The number of anilines is 1. The molecule has 0 radical (unpaired) electrons. The molecule has 1 aromatic carbocycles. The van der Waals surface area contributed by atoms with Gasteiger partial charge in [-0.1, -0.05) is 6.07 Å². The molecule has 4 nitrogen and oxygen atoms in total. The third-order valence-corrected chi connectivity index (χ3v) is 2.94. The standard InChI is InChI=1S/C12H14N2O2S/c1-7-9(11(15)16)3-2-4-10(7)14-12(17)13-8-5-6-8/h2-4,8H,5-6H2,1H3,(H,15,16)(H2,13,14,17). The SMILES string of the molecule is Cc1c(NC(=S)NC2CC2)cccc1C(=O)O. The molecular weight excluding hydrogens is 236 g/mol. The summed E-state index contributed by atoms with van der Waals surface area (Å²) in [5, 5.41) is 15.7. The third-order valence-electron chi connectivity index (χ3n) is 2.72. The molecule has 0 atom stereocenters. The van der Waals surface area contributed by atoms with Crippen molar-refractivity contribution in [2.45, 2.75) is 25.8 Å². The van der Waals surface area contributed by atoms with Crippen molar-refractivity contribution in [1.82, 2.24) is 5.32 Å². The van der Waals surface area contributed by atoms with E-state index in [1.54, 1.807) is 19.1 Å². The van der Waals surface area contributed by atoms with Crippen molar-refractivity contribution in [3.63, 3.8) is 0 Å². The molecule has 1 aliphatic rings. The van der Waals surface area contributed by atoms with Gasteiger partial charge in [0.2, 0.25) is 0 Å². The molecular formula is C12H14N2O2S. The number of thiocarbonyl (C=S) groups is 1. The lowest BCUT2D eigenvalue weighted by Gasteiger charge is -2.13. The first-order chi connectivity index (χ1) is 8.08. The molecule has 0 aliphatic heterocycles. The van der Waals surface area contributed by atoms with Crippen LogP contribution in [-0.2, 0) is 0 Å². The van der Waals surface area contributed by atoms with Gasteiger partial charge in [-0.2, -0.15) is 0 Å². The summed E-state index contributed by atoms with van der Waals surface area (Å²) in [5.74, 6) is -0.924. The monoisotopic (exact) mass is 250 g/mol. The number of hydrogen-bond donors (Lipinski definition) is 3. The van der Waals surface area contributed by atoms with Crippen molar-refractivity contribution >= 4 is 29.0 Å². The minimum atomic E-state index is -0.924. The molecule has 17 heavy (non-hydrogen) atoms. The molecule has 3 N–H and O–H groups in total. The number of carboxylic acid groups (broad SMARTS) is 1. The number of carboxylic acids is 1. The van der Waals surface area contributed by atoms with Crippen molar-refractivity contribution in [2.75, 3.05) is 5.32 Å². The van der Waals surface area contributed by atoms with Gasteiger partial charge in [0.05, 0.1) is 5.56 Å². The Morgan fingerprint density at radius 1 is 1.47 bits per heavy atom. The highest BCUT2D eigenvalue weighted by molar-refractivity contribution is 7.80. The highest BCUT2D eigenvalue weighted by Gasteiger charge is 2.22. The van der Waals surface area contributed by atoms with E-state index in [2.05, 4.69) is 10.6 Å². The molecule has 1 aromatic rings. The topological polar surface area (TPSA) is 61.4 Å². The van der Waals surface area contributed by atoms with Crippen LogP contribution in [0.15, 0.2) is 18.2 Å². The van der Waals surface area contributed by atoms with Crippen LogP contribution in [-0.4, -0.2) is 22.2 Å². The second-order valence-corrected chi connectivity index (χ2v) is 4.56. The summed E-state index contributed by atoms with van der Waals surface area (Å²) >= 11 is 5.15. The lowest BCUT2D eigenvalue weighted by atomic mass is 10.1. The Hall–Kier alpha value is -1.62. The molecule has 1 aliphatic carbocycles. The van der Waals surface area contributed by atoms with Gasteiger partial charge in [0.1, 0.15) is 0 Å². The van der Waals surface area contributed by atoms with Gasteiger partial charge in [-0.3, -0.25) is 0 Å². The summed E-state index contributed by atoms with van der Waals surface area (Å²) in [6, 6.07) is 5.60. The van der Waals surface area contributed by atoms with E-state index in [9.17, 15) is 4.79 Å². The highest BCUT2D eigenvalue weighted by Crippen LogP contribution is 2.21. The van der Waals surface area contributed by atoms with Crippen LogP contribution in [0.4, 0.5) is 5.69 Å². The fraction of sp³-hybridized carbons (Fsp3) is 0.333. The van der Waals surface area contributed by atoms with Crippen LogP contribution in [0.25, 0.3) is 0 Å². The number of benzene rings is 1. The summed E-state index contributed by atoms with van der Waals surface area (Å²) in [4.78, 5) is 11.0. The fourth-order valence-electron chi connectivity index (χ4n) is 1.57. The summed E-state index contributed by atoms with van der Waals surface area (Å²) in [6.45, 7) is 1.77. The maximum Gasteiger partial charge on any atom is 0.336 e. The molecule has 0 spiro atoms. The second kappa shape index (κ2) is 4.71. The Bertz CT molecular complexity index is 470. The molecule has 0 bridgehead atoms. The van der Waals surface area contributed by atoms with Gasteiger partial charge in [0.15, 0.2) is 5.11 Å². The number of aromatic carboxylic acids is 1. The van der Waals surface area contributed by atoms with Crippen molar-refractivity contribution in [3.05, 3.63) is 29.3 Å². The smallest absolute Gasteiger partial charge is 0.336 e. The first-order valence-corrected chi connectivity index (χ1v) is 5.89. The Labute approximate surface area is 105 Å². The van der Waals surface area contributed by atoms with Crippen molar-refractivity contribution < 1.29 is 9.90 Å². The summed E-state index contributed by atoms with van der Waals surface area (Å²) < 4.78 is 0. The van der Waals surface area contributed by atoms with E-state index in [1.807, 2.05) is 6.07 Å². The van der Waals surface area contributed by atoms with Gasteiger partial charge in [0.25, 0.3) is 0 Å². The van der Waals surface area contributed by atoms with Gasteiger partial charge < -0.3 is 15.7 Å². The van der Waals surface area contributed by atoms with Gasteiger partial charge >= 0.3 is 5.97 Å². The molecule has 0 unspecified atom stereocenters. The van der Waals surface area contributed by atoms with E-state index in [0.717, 1.165) is 18.5 Å². The highest BCUT2D eigenvalue weighted by atomic mass is 32.1. The largest absolute Gasteiger partial charge is 0.478 e. The van der Waals surface area contributed by atoms with E-state index in [4.69, 9.17) is 17.3 Å². The Morgan fingerprint density at radius 2 is 2.18 bits per heavy atom. The van der Waals surface area contributed by atoms with Crippen LogP contribution < -0.4 is 10.6 Å².